The lowest BCUT2D eigenvalue weighted by atomic mass is 10.1. The molecule has 3 rings (SSSR count). The van der Waals surface area contributed by atoms with E-state index in [4.69, 9.17) is 4.74 Å². The topological polar surface area (TPSA) is 51.2 Å². The maximum Gasteiger partial charge on any atom is 0.325 e. The molecule has 4 heteroatoms. The number of nitrogens with one attached hydrogen (secondary N) is 1. The van der Waals surface area contributed by atoms with Crippen molar-refractivity contribution in [3.63, 3.8) is 0 Å². The van der Waals surface area contributed by atoms with Crippen molar-refractivity contribution in [2.45, 2.75) is 32.6 Å². The number of hydrogen-bond acceptors (Lipinski definition) is 4. The maximum atomic E-state index is 11.5. The van der Waals surface area contributed by atoms with Gasteiger partial charge in [-0.15, -0.1) is 0 Å². The minimum atomic E-state index is -0.246. The molecule has 1 aliphatic carbocycles. The quantitative estimate of drug-likeness (QED) is 0.822. The third-order valence-electron chi connectivity index (χ3n) is 4.10. The van der Waals surface area contributed by atoms with Gasteiger partial charge in [0.15, 0.2) is 0 Å². The van der Waals surface area contributed by atoms with Gasteiger partial charge < -0.3 is 10.1 Å². The highest BCUT2D eigenvalue weighted by Gasteiger charge is 2.23. The Balaban J connectivity index is 1.74. The first-order valence-electron chi connectivity index (χ1n) is 8.14. The standard InChI is InChI=1S/C19H22N2O2/c1-3-23-19(22)12-21-18-10-15(5-4-13(18)2)17-9-8-16(11-20-17)14-6-7-14/h4-5,8-11,14,21H,3,6-7,12H2,1-2H3. The summed E-state index contributed by atoms with van der Waals surface area (Å²) in [7, 11) is 0. The summed E-state index contributed by atoms with van der Waals surface area (Å²) in [5.74, 6) is 0.473. The molecule has 0 atom stereocenters. The van der Waals surface area contributed by atoms with Gasteiger partial charge in [0.25, 0.3) is 0 Å². The first-order valence-corrected chi connectivity index (χ1v) is 8.14. The molecule has 1 N–H and O–H groups in total. The molecule has 4 nitrogen and oxygen atoms in total. The summed E-state index contributed by atoms with van der Waals surface area (Å²) in [4.78, 5) is 16.1. The Morgan fingerprint density at radius 2 is 2.13 bits per heavy atom. The molecule has 120 valence electrons. The van der Waals surface area contributed by atoms with E-state index in [1.165, 1.54) is 18.4 Å². The normalized spacial score (nSPS) is 13.7. The molecule has 0 spiro atoms. The lowest BCUT2D eigenvalue weighted by molar-refractivity contribution is -0.140. The number of hydrogen-bond donors (Lipinski definition) is 1. The zero-order valence-electron chi connectivity index (χ0n) is 13.6. The van der Waals surface area contributed by atoms with E-state index in [2.05, 4.69) is 28.5 Å². The Hall–Kier alpha value is -2.36. The van der Waals surface area contributed by atoms with Crippen LogP contribution in [0.1, 0.15) is 36.8 Å². The fraction of sp³-hybridized carbons (Fsp3) is 0.368. The summed E-state index contributed by atoms with van der Waals surface area (Å²) < 4.78 is 4.95. The summed E-state index contributed by atoms with van der Waals surface area (Å²) >= 11 is 0. The third kappa shape index (κ3) is 3.89. The SMILES string of the molecule is CCOC(=O)CNc1cc(-c2ccc(C3CC3)cn2)ccc1C. The van der Waals surface area contributed by atoms with Gasteiger partial charge in [-0.3, -0.25) is 9.78 Å². The van der Waals surface area contributed by atoms with Crippen LogP contribution in [0.4, 0.5) is 5.69 Å². The first-order chi connectivity index (χ1) is 11.2. The average molecular weight is 310 g/mol. The van der Waals surface area contributed by atoms with Crippen LogP contribution in [0.3, 0.4) is 0 Å². The molecule has 2 aromatic rings. The third-order valence-corrected chi connectivity index (χ3v) is 4.10. The fourth-order valence-corrected chi connectivity index (χ4v) is 2.59. The Labute approximate surface area is 136 Å². The van der Waals surface area contributed by atoms with Gasteiger partial charge in [0, 0.05) is 17.4 Å². The van der Waals surface area contributed by atoms with Crippen molar-refractivity contribution in [1.29, 1.82) is 0 Å². The van der Waals surface area contributed by atoms with Gasteiger partial charge in [-0.25, -0.2) is 0 Å². The number of pyridine rings is 1. The van der Waals surface area contributed by atoms with Gasteiger partial charge in [0.05, 0.1) is 12.3 Å². The minimum Gasteiger partial charge on any atom is -0.465 e. The van der Waals surface area contributed by atoms with E-state index < -0.39 is 0 Å². The summed E-state index contributed by atoms with van der Waals surface area (Å²) in [6.07, 6.45) is 4.56. The monoisotopic (exact) mass is 310 g/mol. The van der Waals surface area contributed by atoms with Crippen LogP contribution in [-0.4, -0.2) is 24.1 Å². The van der Waals surface area contributed by atoms with Crippen molar-refractivity contribution in [3.05, 3.63) is 47.7 Å². The summed E-state index contributed by atoms with van der Waals surface area (Å²) in [6, 6.07) is 10.4. The number of carbonyl (C=O) groups excluding carboxylic acids is 1. The highest BCUT2D eigenvalue weighted by molar-refractivity contribution is 5.76. The zero-order chi connectivity index (χ0) is 16.2. The lowest BCUT2D eigenvalue weighted by Gasteiger charge is -2.11. The summed E-state index contributed by atoms with van der Waals surface area (Å²) in [6.45, 7) is 4.39. The molecule has 0 radical (unpaired) electrons. The van der Waals surface area contributed by atoms with Gasteiger partial charge in [-0.1, -0.05) is 18.2 Å². The molecule has 0 aliphatic heterocycles. The molecule has 1 aliphatic rings. The van der Waals surface area contributed by atoms with Crippen LogP contribution in [0.2, 0.25) is 0 Å². The number of ether oxygens (including phenoxy) is 1. The predicted octanol–water partition coefficient (Wildman–Crippen LogP) is 3.91. The van der Waals surface area contributed by atoms with Crippen LogP contribution < -0.4 is 5.32 Å². The zero-order valence-corrected chi connectivity index (χ0v) is 13.6. The Morgan fingerprint density at radius 1 is 1.30 bits per heavy atom. The van der Waals surface area contributed by atoms with E-state index in [0.29, 0.717) is 6.61 Å². The van der Waals surface area contributed by atoms with Crippen LogP contribution in [0, 0.1) is 6.92 Å². The molecular weight excluding hydrogens is 288 g/mol. The van der Waals surface area contributed by atoms with Crippen molar-refractivity contribution in [3.8, 4) is 11.3 Å². The average Bonchev–Trinajstić information content (AvgIpc) is 3.39. The lowest BCUT2D eigenvalue weighted by Crippen LogP contribution is -2.17. The molecule has 0 amide bonds. The van der Waals surface area contributed by atoms with Crippen LogP contribution in [-0.2, 0) is 9.53 Å². The van der Waals surface area contributed by atoms with E-state index in [9.17, 15) is 4.79 Å². The molecule has 0 bridgehead atoms. The minimum absolute atomic E-state index is 0.173. The van der Waals surface area contributed by atoms with Crippen LogP contribution in [0.15, 0.2) is 36.5 Å². The van der Waals surface area contributed by atoms with E-state index in [0.717, 1.165) is 28.4 Å². The molecule has 1 fully saturated rings. The largest absolute Gasteiger partial charge is 0.465 e. The van der Waals surface area contributed by atoms with E-state index in [1.54, 1.807) is 6.92 Å². The van der Waals surface area contributed by atoms with E-state index in [-0.39, 0.29) is 12.5 Å². The Bertz CT molecular complexity index is 691. The Morgan fingerprint density at radius 3 is 2.78 bits per heavy atom. The van der Waals surface area contributed by atoms with Gasteiger partial charge in [-0.05, 0) is 55.9 Å². The summed E-state index contributed by atoms with van der Waals surface area (Å²) in [5.41, 5.74) is 5.36. The number of aromatic nitrogens is 1. The van der Waals surface area contributed by atoms with Crippen molar-refractivity contribution in [1.82, 2.24) is 4.98 Å². The number of carbonyl (C=O) groups is 1. The second kappa shape index (κ2) is 6.82. The maximum absolute atomic E-state index is 11.5. The second-order valence-corrected chi connectivity index (χ2v) is 5.94. The van der Waals surface area contributed by atoms with E-state index in [1.807, 2.05) is 25.3 Å². The molecule has 1 saturated carbocycles. The number of rotatable bonds is 6. The highest BCUT2D eigenvalue weighted by atomic mass is 16.5. The van der Waals surface area contributed by atoms with Crippen molar-refractivity contribution in [2.24, 2.45) is 0 Å². The first kappa shape index (κ1) is 15.5. The second-order valence-electron chi connectivity index (χ2n) is 5.94. The number of nitrogens with zero attached hydrogens (tertiary/aromatic N) is 1. The van der Waals surface area contributed by atoms with Crippen LogP contribution in [0.25, 0.3) is 11.3 Å². The predicted molar refractivity (Wildman–Crippen MR) is 91.5 cm³/mol. The molecule has 1 aromatic heterocycles. The van der Waals surface area contributed by atoms with Crippen LogP contribution in [0.5, 0.6) is 0 Å². The van der Waals surface area contributed by atoms with Crippen molar-refractivity contribution >= 4 is 11.7 Å². The molecule has 0 saturated heterocycles. The Kier molecular flexibility index (Phi) is 4.60. The molecule has 0 unspecified atom stereocenters. The summed E-state index contributed by atoms with van der Waals surface area (Å²) in [5, 5.41) is 3.14. The highest BCUT2D eigenvalue weighted by Crippen LogP contribution is 2.40. The number of aryl methyl sites for hydroxylation is 1. The van der Waals surface area contributed by atoms with Crippen LogP contribution >= 0.6 is 0 Å². The van der Waals surface area contributed by atoms with Crippen molar-refractivity contribution < 1.29 is 9.53 Å². The molecule has 1 heterocycles. The van der Waals surface area contributed by atoms with Gasteiger partial charge in [-0.2, -0.15) is 0 Å². The van der Waals surface area contributed by atoms with Gasteiger partial charge in [0.2, 0.25) is 0 Å². The smallest absolute Gasteiger partial charge is 0.325 e. The number of benzene rings is 1. The van der Waals surface area contributed by atoms with Gasteiger partial charge >= 0.3 is 5.97 Å². The van der Waals surface area contributed by atoms with Crippen molar-refractivity contribution in [2.75, 3.05) is 18.5 Å². The number of anilines is 1. The van der Waals surface area contributed by atoms with E-state index >= 15 is 0 Å². The number of esters is 1. The molecular formula is C19H22N2O2. The molecule has 23 heavy (non-hydrogen) atoms. The fourth-order valence-electron chi connectivity index (χ4n) is 2.59. The molecule has 1 aromatic carbocycles. The van der Waals surface area contributed by atoms with Gasteiger partial charge in [0.1, 0.15) is 6.54 Å².